The molecule has 0 aliphatic carbocycles. The normalized spacial score (nSPS) is 10.0. The zero-order valence-corrected chi connectivity index (χ0v) is 8.46. The van der Waals surface area contributed by atoms with Gasteiger partial charge in [0.25, 0.3) is 0 Å². The van der Waals surface area contributed by atoms with Crippen LogP contribution in [0.4, 0.5) is 11.5 Å². The van der Waals surface area contributed by atoms with Gasteiger partial charge in [-0.25, -0.2) is 0 Å². The number of nitrogens with zero attached hydrogens (tertiary/aromatic N) is 4. The maximum atomic E-state index is 10.4. The second kappa shape index (κ2) is 3.24. The van der Waals surface area contributed by atoms with E-state index in [2.05, 4.69) is 5.10 Å². The lowest BCUT2D eigenvalue weighted by molar-refractivity contribution is -0.425. The van der Waals surface area contributed by atoms with E-state index in [0.29, 0.717) is 0 Å². The molecule has 0 saturated carbocycles. The first-order chi connectivity index (χ1) is 5.95. The van der Waals surface area contributed by atoms with Gasteiger partial charge in [0, 0.05) is 0 Å². The maximum absolute atomic E-state index is 10.4. The van der Waals surface area contributed by atoms with Gasteiger partial charge in [0.05, 0.1) is 17.1 Å². The minimum atomic E-state index is -0.875. The fraction of sp³-hybridized carbons (Fsp3) is 0.250. The van der Waals surface area contributed by atoms with Crippen molar-refractivity contribution in [2.45, 2.75) is 0 Å². The van der Waals surface area contributed by atoms with Crippen molar-refractivity contribution < 1.29 is 9.85 Å². The maximum Gasteiger partial charge on any atom is 0.468 e. The van der Waals surface area contributed by atoms with Crippen LogP contribution >= 0.6 is 22.6 Å². The second-order valence-electron chi connectivity index (χ2n) is 2.10. The topological polar surface area (TPSA) is 104 Å². The highest BCUT2D eigenvalue weighted by Gasteiger charge is 2.35. The highest BCUT2D eigenvalue weighted by atomic mass is 127. The Morgan fingerprint density at radius 1 is 1.38 bits per heavy atom. The molecule has 0 unspecified atom stereocenters. The number of rotatable bonds is 2. The zero-order valence-electron chi connectivity index (χ0n) is 6.30. The van der Waals surface area contributed by atoms with Crippen LogP contribution in [0.25, 0.3) is 0 Å². The first kappa shape index (κ1) is 9.83. The summed E-state index contributed by atoms with van der Waals surface area (Å²) in [5.41, 5.74) is -0.562. The van der Waals surface area contributed by atoms with Crippen molar-refractivity contribution in [2.75, 3.05) is 0 Å². The first-order valence-electron chi connectivity index (χ1n) is 2.96. The highest BCUT2D eigenvalue weighted by Crippen LogP contribution is 2.29. The Hall–Kier alpha value is -1.26. The molecule has 0 atom stereocenters. The Balaban J connectivity index is 3.44. The smallest absolute Gasteiger partial charge is 0.358 e. The Morgan fingerprint density at radius 3 is 2.23 bits per heavy atom. The summed E-state index contributed by atoms with van der Waals surface area (Å²) in [5, 5.41) is 24.1. The van der Waals surface area contributed by atoms with Crippen molar-refractivity contribution in [3.05, 3.63) is 23.9 Å². The number of nitro groups is 2. The van der Waals surface area contributed by atoms with Crippen LogP contribution < -0.4 is 0 Å². The van der Waals surface area contributed by atoms with Crippen LogP contribution in [0.1, 0.15) is 0 Å². The third-order valence-corrected chi connectivity index (χ3v) is 2.50. The number of aromatic nitrogens is 2. The Labute approximate surface area is 85.0 Å². The molecule has 1 rings (SSSR count). The average Bonchev–Trinajstić information content (AvgIpc) is 2.28. The van der Waals surface area contributed by atoms with Crippen LogP contribution in [0.3, 0.4) is 0 Å². The Bertz CT molecular complexity index is 386. The van der Waals surface area contributed by atoms with Gasteiger partial charge in [-0.3, -0.25) is 10.1 Å². The molecule has 0 aromatic carbocycles. The molecule has 13 heavy (non-hydrogen) atoms. The number of hydrogen-bond acceptors (Lipinski definition) is 5. The van der Waals surface area contributed by atoms with Gasteiger partial charge in [-0.05, 0) is 27.5 Å². The summed E-state index contributed by atoms with van der Waals surface area (Å²) in [4.78, 5) is 19.0. The fourth-order valence-electron chi connectivity index (χ4n) is 0.759. The van der Waals surface area contributed by atoms with Crippen LogP contribution in [0.15, 0.2) is 0 Å². The van der Waals surface area contributed by atoms with Gasteiger partial charge in [0.2, 0.25) is 3.70 Å². The lowest BCUT2D eigenvalue weighted by atomic mass is 10.5. The summed E-state index contributed by atoms with van der Waals surface area (Å²) in [7, 11) is 1.40. The van der Waals surface area contributed by atoms with Gasteiger partial charge < -0.3 is 10.1 Å². The van der Waals surface area contributed by atoms with E-state index in [4.69, 9.17) is 0 Å². The third kappa shape index (κ3) is 1.59. The lowest BCUT2D eigenvalue weighted by Crippen LogP contribution is -1.95. The van der Waals surface area contributed by atoms with E-state index in [-0.39, 0.29) is 3.70 Å². The molecule has 0 spiro atoms. The summed E-state index contributed by atoms with van der Waals surface area (Å²) in [5.74, 6) is -0.725. The Morgan fingerprint density at radius 2 is 1.92 bits per heavy atom. The lowest BCUT2D eigenvalue weighted by Gasteiger charge is -1.87. The number of hydrogen-bond donors (Lipinski definition) is 0. The van der Waals surface area contributed by atoms with E-state index in [9.17, 15) is 20.2 Å². The van der Waals surface area contributed by atoms with Gasteiger partial charge >= 0.3 is 11.5 Å². The van der Waals surface area contributed by atoms with Gasteiger partial charge in [0.15, 0.2) is 0 Å². The van der Waals surface area contributed by atoms with E-state index in [1.165, 1.54) is 7.05 Å². The molecule has 9 heteroatoms. The summed E-state index contributed by atoms with van der Waals surface area (Å²) < 4.78 is 1.23. The molecule has 70 valence electrons. The van der Waals surface area contributed by atoms with Crippen LogP contribution in [0.5, 0.6) is 0 Å². The molecular weight excluding hydrogens is 295 g/mol. The predicted molar refractivity (Wildman–Crippen MR) is 49.2 cm³/mol. The standard InChI is InChI=1S/C4H3IN4O4/c1-7-3(5)2(8(10)11)4(6-7)9(12)13/h1H3. The fourth-order valence-corrected chi connectivity index (χ4v) is 1.30. The number of aryl methyl sites for hydroxylation is 1. The Kier molecular flexibility index (Phi) is 2.45. The average molecular weight is 298 g/mol. The van der Waals surface area contributed by atoms with Crippen LogP contribution in [0, 0.1) is 23.9 Å². The molecule has 0 aliphatic rings. The van der Waals surface area contributed by atoms with Crippen LogP contribution in [-0.4, -0.2) is 19.6 Å². The molecule has 8 nitrogen and oxygen atoms in total. The van der Waals surface area contributed by atoms with Crippen molar-refractivity contribution >= 4 is 34.1 Å². The molecule has 1 aromatic rings. The predicted octanol–water partition coefficient (Wildman–Crippen LogP) is 0.841. The minimum Gasteiger partial charge on any atom is -0.358 e. The molecule has 1 heterocycles. The van der Waals surface area contributed by atoms with Gasteiger partial charge in [-0.1, -0.05) is 0 Å². The van der Waals surface area contributed by atoms with E-state index in [0.717, 1.165) is 4.68 Å². The van der Waals surface area contributed by atoms with Crippen molar-refractivity contribution in [3.8, 4) is 0 Å². The monoisotopic (exact) mass is 298 g/mol. The molecule has 0 saturated heterocycles. The molecule has 0 fully saturated rings. The van der Waals surface area contributed by atoms with Crippen molar-refractivity contribution in [3.63, 3.8) is 0 Å². The largest absolute Gasteiger partial charge is 0.468 e. The first-order valence-corrected chi connectivity index (χ1v) is 4.04. The van der Waals surface area contributed by atoms with E-state index in [1.807, 2.05) is 0 Å². The van der Waals surface area contributed by atoms with Crippen LogP contribution in [0.2, 0.25) is 0 Å². The molecule has 0 amide bonds. The molecule has 1 aromatic heterocycles. The molecule has 0 radical (unpaired) electrons. The molecular formula is C4H3IN4O4. The minimum absolute atomic E-state index is 0.134. The second-order valence-corrected chi connectivity index (χ2v) is 3.12. The highest BCUT2D eigenvalue weighted by molar-refractivity contribution is 14.1. The molecule has 0 N–H and O–H groups in total. The number of halogens is 1. The van der Waals surface area contributed by atoms with Gasteiger partial charge in [0.1, 0.15) is 0 Å². The van der Waals surface area contributed by atoms with Crippen molar-refractivity contribution in [1.29, 1.82) is 0 Å². The van der Waals surface area contributed by atoms with Gasteiger partial charge in [-0.15, -0.1) is 0 Å². The summed E-state index contributed by atoms with van der Waals surface area (Å²) in [6, 6.07) is 0. The summed E-state index contributed by atoms with van der Waals surface area (Å²) >= 11 is 1.63. The van der Waals surface area contributed by atoms with Gasteiger partial charge in [-0.2, -0.15) is 4.68 Å². The SMILES string of the molecule is Cn1nc([N+](=O)[O-])c([N+](=O)[O-])c1I. The summed E-state index contributed by atoms with van der Waals surface area (Å²) in [6.45, 7) is 0. The third-order valence-electron chi connectivity index (χ3n) is 1.29. The van der Waals surface area contributed by atoms with Crippen molar-refractivity contribution in [1.82, 2.24) is 9.78 Å². The van der Waals surface area contributed by atoms with Crippen molar-refractivity contribution in [2.24, 2.45) is 7.05 Å². The molecule has 0 bridgehead atoms. The van der Waals surface area contributed by atoms with E-state index >= 15 is 0 Å². The summed E-state index contributed by atoms with van der Waals surface area (Å²) in [6.07, 6.45) is 0. The van der Waals surface area contributed by atoms with E-state index < -0.39 is 21.4 Å². The zero-order chi connectivity index (χ0) is 10.2. The van der Waals surface area contributed by atoms with Crippen LogP contribution in [-0.2, 0) is 7.05 Å². The molecule has 0 aliphatic heterocycles. The van der Waals surface area contributed by atoms with E-state index in [1.54, 1.807) is 22.6 Å². The quantitative estimate of drug-likeness (QED) is 0.457.